The van der Waals surface area contributed by atoms with Crippen LogP contribution in [-0.2, 0) is 6.54 Å². The minimum atomic E-state index is 0.0513. The van der Waals surface area contributed by atoms with Crippen LogP contribution in [0.3, 0.4) is 0 Å². The standard InChI is InChI=1S/C18H16N2OS2/c21-18(15-12-23-17(19-15)16-7-4-10-22-16)20(14-8-9-14)11-13-5-2-1-3-6-13/h1-7,10,12,14H,8-9,11H2. The number of thiazole rings is 1. The maximum atomic E-state index is 12.9. The molecule has 0 bridgehead atoms. The average molecular weight is 340 g/mol. The van der Waals surface area contributed by atoms with Crippen LogP contribution in [0.25, 0.3) is 9.88 Å². The van der Waals surface area contributed by atoms with Gasteiger partial charge >= 0.3 is 0 Å². The van der Waals surface area contributed by atoms with E-state index in [4.69, 9.17) is 0 Å². The van der Waals surface area contributed by atoms with E-state index in [9.17, 15) is 4.79 Å². The largest absolute Gasteiger partial charge is 0.330 e. The molecule has 5 heteroatoms. The molecule has 1 fully saturated rings. The molecule has 0 unspecified atom stereocenters. The Bertz CT molecular complexity index is 792. The van der Waals surface area contributed by atoms with Crippen LogP contribution in [0.2, 0.25) is 0 Å². The molecule has 0 atom stereocenters. The maximum absolute atomic E-state index is 12.9. The summed E-state index contributed by atoms with van der Waals surface area (Å²) < 4.78 is 0. The summed E-state index contributed by atoms with van der Waals surface area (Å²) in [7, 11) is 0. The van der Waals surface area contributed by atoms with Crippen LogP contribution in [0.5, 0.6) is 0 Å². The predicted molar refractivity (Wildman–Crippen MR) is 94.8 cm³/mol. The van der Waals surface area contributed by atoms with Crippen molar-refractivity contribution in [2.75, 3.05) is 0 Å². The molecule has 1 aromatic carbocycles. The zero-order chi connectivity index (χ0) is 15.6. The number of amides is 1. The second-order valence-corrected chi connectivity index (χ2v) is 7.47. The van der Waals surface area contributed by atoms with Crippen molar-refractivity contribution >= 4 is 28.6 Å². The number of benzene rings is 1. The second-order valence-electron chi connectivity index (χ2n) is 5.67. The number of rotatable bonds is 5. The summed E-state index contributed by atoms with van der Waals surface area (Å²) in [6.45, 7) is 0.663. The van der Waals surface area contributed by atoms with Gasteiger partial charge in [-0.3, -0.25) is 4.79 Å². The second kappa shape index (κ2) is 6.26. The van der Waals surface area contributed by atoms with E-state index < -0.39 is 0 Å². The average Bonchev–Trinajstić information content (AvgIpc) is 3.08. The highest BCUT2D eigenvalue weighted by atomic mass is 32.1. The number of nitrogens with zero attached hydrogens (tertiary/aromatic N) is 2. The fraction of sp³-hybridized carbons (Fsp3) is 0.222. The first-order chi connectivity index (χ1) is 11.3. The topological polar surface area (TPSA) is 33.2 Å². The van der Waals surface area contributed by atoms with Gasteiger partial charge in [0.05, 0.1) is 4.88 Å². The van der Waals surface area contributed by atoms with Gasteiger partial charge in [-0.05, 0) is 29.9 Å². The Morgan fingerprint density at radius 2 is 1.96 bits per heavy atom. The molecule has 1 aliphatic carbocycles. The molecule has 0 N–H and O–H groups in total. The minimum Gasteiger partial charge on any atom is -0.330 e. The smallest absolute Gasteiger partial charge is 0.273 e. The zero-order valence-corrected chi connectivity index (χ0v) is 14.1. The van der Waals surface area contributed by atoms with E-state index in [1.807, 2.05) is 46.0 Å². The van der Waals surface area contributed by atoms with E-state index in [1.165, 1.54) is 5.56 Å². The van der Waals surface area contributed by atoms with Gasteiger partial charge in [-0.25, -0.2) is 4.98 Å². The molecule has 0 saturated heterocycles. The Labute approximate surface area is 143 Å². The highest BCUT2D eigenvalue weighted by Gasteiger charge is 2.34. The van der Waals surface area contributed by atoms with E-state index in [-0.39, 0.29) is 5.91 Å². The normalized spacial score (nSPS) is 13.9. The Balaban J connectivity index is 1.56. The van der Waals surface area contributed by atoms with Crippen molar-refractivity contribution in [2.24, 2.45) is 0 Å². The highest BCUT2D eigenvalue weighted by Crippen LogP contribution is 2.32. The van der Waals surface area contributed by atoms with Crippen molar-refractivity contribution in [1.82, 2.24) is 9.88 Å². The third kappa shape index (κ3) is 3.21. The fourth-order valence-electron chi connectivity index (χ4n) is 2.57. The van der Waals surface area contributed by atoms with Crippen molar-refractivity contribution in [3.05, 3.63) is 64.5 Å². The summed E-state index contributed by atoms with van der Waals surface area (Å²) in [5.41, 5.74) is 1.74. The summed E-state index contributed by atoms with van der Waals surface area (Å²) in [6.07, 6.45) is 2.20. The molecule has 1 amide bonds. The van der Waals surface area contributed by atoms with Gasteiger partial charge in [0.1, 0.15) is 10.7 Å². The van der Waals surface area contributed by atoms with E-state index in [0.717, 1.165) is 22.7 Å². The van der Waals surface area contributed by atoms with Crippen LogP contribution in [-0.4, -0.2) is 21.8 Å². The molecule has 116 valence electrons. The number of hydrogen-bond donors (Lipinski definition) is 0. The Hall–Kier alpha value is -1.98. The minimum absolute atomic E-state index is 0.0513. The van der Waals surface area contributed by atoms with Crippen LogP contribution in [0.15, 0.2) is 53.2 Å². The molecule has 23 heavy (non-hydrogen) atoms. The van der Waals surface area contributed by atoms with Crippen molar-refractivity contribution < 1.29 is 4.79 Å². The molecule has 2 aromatic heterocycles. The highest BCUT2D eigenvalue weighted by molar-refractivity contribution is 7.20. The van der Waals surface area contributed by atoms with Crippen molar-refractivity contribution in [1.29, 1.82) is 0 Å². The number of hydrogen-bond acceptors (Lipinski definition) is 4. The monoisotopic (exact) mass is 340 g/mol. The van der Waals surface area contributed by atoms with Gasteiger partial charge in [0.15, 0.2) is 0 Å². The van der Waals surface area contributed by atoms with Crippen molar-refractivity contribution in [2.45, 2.75) is 25.4 Å². The molecule has 0 radical (unpaired) electrons. The predicted octanol–water partition coefficient (Wildman–Crippen LogP) is 4.68. The molecule has 2 heterocycles. The van der Waals surface area contributed by atoms with Crippen LogP contribution in [0.1, 0.15) is 28.9 Å². The molecular weight excluding hydrogens is 324 g/mol. The summed E-state index contributed by atoms with van der Waals surface area (Å²) in [4.78, 5) is 20.5. The summed E-state index contributed by atoms with van der Waals surface area (Å²) >= 11 is 3.20. The number of thiophene rings is 1. The van der Waals surface area contributed by atoms with Crippen LogP contribution >= 0.6 is 22.7 Å². The molecule has 3 aromatic rings. The lowest BCUT2D eigenvalue weighted by atomic mass is 10.2. The summed E-state index contributed by atoms with van der Waals surface area (Å²) in [5, 5.41) is 4.85. The number of aromatic nitrogens is 1. The van der Waals surface area contributed by atoms with Crippen molar-refractivity contribution in [3.8, 4) is 9.88 Å². The number of carbonyl (C=O) groups excluding carboxylic acids is 1. The van der Waals surface area contributed by atoms with Crippen LogP contribution in [0, 0.1) is 0 Å². The lowest BCUT2D eigenvalue weighted by Gasteiger charge is -2.21. The van der Waals surface area contributed by atoms with Gasteiger partial charge in [0.25, 0.3) is 5.91 Å². The zero-order valence-electron chi connectivity index (χ0n) is 12.5. The Morgan fingerprint density at radius 1 is 1.13 bits per heavy atom. The van der Waals surface area contributed by atoms with E-state index in [1.54, 1.807) is 22.7 Å². The summed E-state index contributed by atoms with van der Waals surface area (Å²) in [6, 6.07) is 14.6. The van der Waals surface area contributed by atoms with E-state index in [2.05, 4.69) is 17.1 Å². The van der Waals surface area contributed by atoms with Gasteiger partial charge in [-0.15, -0.1) is 22.7 Å². The molecule has 0 spiro atoms. The quantitative estimate of drug-likeness (QED) is 0.676. The molecule has 4 rings (SSSR count). The molecule has 0 aliphatic heterocycles. The first kappa shape index (κ1) is 14.6. The third-order valence-corrected chi connectivity index (χ3v) is 5.78. The lowest BCUT2D eigenvalue weighted by Crippen LogP contribution is -2.32. The van der Waals surface area contributed by atoms with E-state index in [0.29, 0.717) is 18.3 Å². The first-order valence-electron chi connectivity index (χ1n) is 7.65. The van der Waals surface area contributed by atoms with Gasteiger partial charge in [-0.1, -0.05) is 36.4 Å². The molecule has 3 nitrogen and oxygen atoms in total. The molecule has 1 aliphatic rings. The summed E-state index contributed by atoms with van der Waals surface area (Å²) in [5.74, 6) is 0.0513. The Kier molecular flexibility index (Phi) is 3.97. The van der Waals surface area contributed by atoms with Crippen LogP contribution < -0.4 is 0 Å². The van der Waals surface area contributed by atoms with Gasteiger partial charge < -0.3 is 4.90 Å². The van der Waals surface area contributed by atoms with Gasteiger partial charge in [0.2, 0.25) is 0 Å². The number of carbonyl (C=O) groups is 1. The third-order valence-electron chi connectivity index (χ3n) is 3.90. The molecule has 1 saturated carbocycles. The van der Waals surface area contributed by atoms with Crippen LogP contribution in [0.4, 0.5) is 0 Å². The SMILES string of the molecule is O=C(c1csc(-c2cccs2)n1)N(Cc1ccccc1)C1CC1. The van der Waals surface area contributed by atoms with Gasteiger partial charge in [0, 0.05) is 18.0 Å². The van der Waals surface area contributed by atoms with Crippen molar-refractivity contribution in [3.63, 3.8) is 0 Å². The van der Waals surface area contributed by atoms with E-state index >= 15 is 0 Å². The van der Waals surface area contributed by atoms with Gasteiger partial charge in [-0.2, -0.15) is 0 Å². The fourth-order valence-corrected chi connectivity index (χ4v) is 4.17. The Morgan fingerprint density at radius 3 is 2.65 bits per heavy atom. The maximum Gasteiger partial charge on any atom is 0.273 e. The lowest BCUT2D eigenvalue weighted by molar-refractivity contribution is 0.0725. The first-order valence-corrected chi connectivity index (χ1v) is 9.41. The molecular formula is C18H16N2OS2.